The lowest BCUT2D eigenvalue weighted by Crippen LogP contribution is -2.22. The smallest absolute Gasteiger partial charge is 0.165 e. The summed E-state index contributed by atoms with van der Waals surface area (Å²) < 4.78 is 11.1. The summed E-state index contributed by atoms with van der Waals surface area (Å²) in [6.07, 6.45) is 0.786. The average molecular weight is 234 g/mol. The monoisotopic (exact) mass is 234 g/mol. The van der Waals surface area contributed by atoms with Crippen LogP contribution in [-0.2, 0) is 14.3 Å². The fraction of sp³-hybridized carbons (Fsp3) is 0.500. The minimum absolute atomic E-state index is 0.0196. The van der Waals surface area contributed by atoms with Gasteiger partial charge in [0.25, 0.3) is 0 Å². The van der Waals surface area contributed by atoms with Crippen molar-refractivity contribution in [3.05, 3.63) is 35.9 Å². The van der Waals surface area contributed by atoms with E-state index in [1.165, 1.54) is 0 Å². The minimum Gasteiger partial charge on any atom is -0.350 e. The molecule has 17 heavy (non-hydrogen) atoms. The van der Waals surface area contributed by atoms with E-state index in [1.807, 2.05) is 37.3 Å². The van der Waals surface area contributed by atoms with E-state index < -0.39 is 0 Å². The molecule has 0 spiro atoms. The molecule has 0 radical (unpaired) electrons. The molecule has 2 rings (SSSR count). The SMILES string of the molecule is CCC(=O)CC(c1ccccc1)C1OCCO1. The van der Waals surface area contributed by atoms with E-state index in [4.69, 9.17) is 9.47 Å². The molecule has 3 heteroatoms. The summed E-state index contributed by atoms with van der Waals surface area (Å²) in [7, 11) is 0. The highest BCUT2D eigenvalue weighted by Crippen LogP contribution is 2.29. The van der Waals surface area contributed by atoms with Gasteiger partial charge in [0.05, 0.1) is 13.2 Å². The second-order valence-corrected chi connectivity index (χ2v) is 4.22. The van der Waals surface area contributed by atoms with Gasteiger partial charge in [-0.2, -0.15) is 0 Å². The van der Waals surface area contributed by atoms with Crippen molar-refractivity contribution in [3.8, 4) is 0 Å². The molecule has 1 saturated heterocycles. The third-order valence-corrected chi connectivity index (χ3v) is 3.05. The standard InChI is InChI=1S/C14H18O3/c1-2-12(15)10-13(14-16-8-9-17-14)11-6-4-3-5-7-11/h3-7,13-14H,2,8-10H2,1H3. The van der Waals surface area contributed by atoms with Crippen molar-refractivity contribution in [2.75, 3.05) is 13.2 Å². The van der Waals surface area contributed by atoms with Crippen molar-refractivity contribution >= 4 is 5.78 Å². The predicted octanol–water partition coefficient (Wildman–Crippen LogP) is 2.51. The maximum Gasteiger partial charge on any atom is 0.165 e. The van der Waals surface area contributed by atoms with E-state index in [1.54, 1.807) is 0 Å². The number of carbonyl (C=O) groups is 1. The van der Waals surface area contributed by atoms with Gasteiger partial charge in [-0.25, -0.2) is 0 Å². The van der Waals surface area contributed by atoms with Crippen LogP contribution in [-0.4, -0.2) is 25.3 Å². The number of benzene rings is 1. The topological polar surface area (TPSA) is 35.5 Å². The van der Waals surface area contributed by atoms with Crippen LogP contribution in [0.15, 0.2) is 30.3 Å². The zero-order valence-electron chi connectivity index (χ0n) is 10.1. The van der Waals surface area contributed by atoms with Crippen molar-refractivity contribution in [2.45, 2.75) is 32.0 Å². The third-order valence-electron chi connectivity index (χ3n) is 3.05. The van der Waals surface area contributed by atoms with Crippen molar-refractivity contribution in [3.63, 3.8) is 0 Å². The highest BCUT2D eigenvalue weighted by molar-refractivity contribution is 5.79. The Morgan fingerprint density at radius 1 is 1.29 bits per heavy atom. The van der Waals surface area contributed by atoms with E-state index in [-0.39, 0.29) is 18.0 Å². The van der Waals surface area contributed by atoms with Crippen molar-refractivity contribution < 1.29 is 14.3 Å². The lowest BCUT2D eigenvalue weighted by molar-refractivity contribution is -0.122. The molecule has 0 amide bonds. The number of hydrogen-bond donors (Lipinski definition) is 0. The summed E-state index contributed by atoms with van der Waals surface area (Å²) in [6, 6.07) is 9.98. The number of carbonyl (C=O) groups excluding carboxylic acids is 1. The molecule has 1 aromatic rings. The van der Waals surface area contributed by atoms with Crippen LogP contribution in [0.1, 0.15) is 31.2 Å². The van der Waals surface area contributed by atoms with Gasteiger partial charge in [-0.05, 0) is 5.56 Å². The zero-order chi connectivity index (χ0) is 12.1. The first-order chi connectivity index (χ1) is 8.31. The summed E-state index contributed by atoms with van der Waals surface area (Å²) in [6.45, 7) is 3.13. The Hall–Kier alpha value is -1.19. The second kappa shape index (κ2) is 5.94. The van der Waals surface area contributed by atoms with E-state index in [2.05, 4.69) is 0 Å². The van der Waals surface area contributed by atoms with Crippen LogP contribution in [0.2, 0.25) is 0 Å². The summed E-state index contributed by atoms with van der Waals surface area (Å²) in [5.41, 5.74) is 1.11. The van der Waals surface area contributed by atoms with Crippen LogP contribution in [0, 0.1) is 0 Å². The first-order valence-electron chi connectivity index (χ1n) is 6.11. The fourth-order valence-corrected chi connectivity index (χ4v) is 2.07. The number of ketones is 1. The molecule has 1 aliphatic rings. The van der Waals surface area contributed by atoms with E-state index in [0.717, 1.165) is 5.56 Å². The third kappa shape index (κ3) is 3.14. The van der Waals surface area contributed by atoms with Gasteiger partial charge in [-0.3, -0.25) is 4.79 Å². The van der Waals surface area contributed by atoms with Gasteiger partial charge in [0.15, 0.2) is 6.29 Å². The Balaban J connectivity index is 2.14. The predicted molar refractivity (Wildman–Crippen MR) is 64.8 cm³/mol. The summed E-state index contributed by atoms with van der Waals surface area (Å²) in [4.78, 5) is 11.6. The van der Waals surface area contributed by atoms with Crippen LogP contribution in [0.5, 0.6) is 0 Å². The average Bonchev–Trinajstić information content (AvgIpc) is 2.90. The quantitative estimate of drug-likeness (QED) is 0.785. The largest absolute Gasteiger partial charge is 0.350 e. The molecular weight excluding hydrogens is 216 g/mol. The Morgan fingerprint density at radius 2 is 1.94 bits per heavy atom. The fourth-order valence-electron chi connectivity index (χ4n) is 2.07. The number of Topliss-reactive ketones (excluding diaryl/α,β-unsaturated/α-hetero) is 1. The van der Waals surface area contributed by atoms with E-state index in [0.29, 0.717) is 26.1 Å². The normalized spacial score (nSPS) is 18.2. The minimum atomic E-state index is -0.270. The van der Waals surface area contributed by atoms with E-state index >= 15 is 0 Å². The molecule has 0 saturated carbocycles. The van der Waals surface area contributed by atoms with Gasteiger partial charge >= 0.3 is 0 Å². The van der Waals surface area contributed by atoms with Crippen LogP contribution in [0.4, 0.5) is 0 Å². The maximum atomic E-state index is 11.6. The van der Waals surface area contributed by atoms with Gasteiger partial charge in [0.2, 0.25) is 0 Å². The Kier molecular flexibility index (Phi) is 4.29. The van der Waals surface area contributed by atoms with Gasteiger partial charge in [-0.1, -0.05) is 37.3 Å². The first kappa shape index (κ1) is 12.3. The number of ether oxygens (including phenoxy) is 2. The molecule has 1 unspecified atom stereocenters. The molecule has 0 bridgehead atoms. The van der Waals surface area contributed by atoms with Crippen LogP contribution >= 0.6 is 0 Å². The molecule has 0 aliphatic carbocycles. The van der Waals surface area contributed by atoms with Gasteiger partial charge in [-0.15, -0.1) is 0 Å². The van der Waals surface area contributed by atoms with Crippen LogP contribution < -0.4 is 0 Å². The lowest BCUT2D eigenvalue weighted by atomic mass is 9.92. The summed E-state index contributed by atoms with van der Waals surface area (Å²) in [5, 5.41) is 0. The van der Waals surface area contributed by atoms with Gasteiger partial charge in [0, 0.05) is 18.8 Å². The molecule has 1 atom stereocenters. The van der Waals surface area contributed by atoms with Crippen molar-refractivity contribution in [2.24, 2.45) is 0 Å². The van der Waals surface area contributed by atoms with Crippen LogP contribution in [0.25, 0.3) is 0 Å². The summed E-state index contributed by atoms with van der Waals surface area (Å²) >= 11 is 0. The highest BCUT2D eigenvalue weighted by Gasteiger charge is 2.29. The second-order valence-electron chi connectivity index (χ2n) is 4.22. The molecule has 0 N–H and O–H groups in total. The Labute approximate surface area is 102 Å². The molecule has 1 aromatic carbocycles. The van der Waals surface area contributed by atoms with Gasteiger partial charge in [0.1, 0.15) is 5.78 Å². The molecule has 0 aromatic heterocycles. The van der Waals surface area contributed by atoms with Gasteiger partial charge < -0.3 is 9.47 Å². The number of rotatable bonds is 5. The highest BCUT2D eigenvalue weighted by atomic mass is 16.7. The Morgan fingerprint density at radius 3 is 2.53 bits per heavy atom. The molecular formula is C14H18O3. The van der Waals surface area contributed by atoms with Crippen LogP contribution in [0.3, 0.4) is 0 Å². The molecule has 92 valence electrons. The van der Waals surface area contributed by atoms with Crippen molar-refractivity contribution in [1.29, 1.82) is 0 Å². The Bertz CT molecular complexity index is 355. The van der Waals surface area contributed by atoms with Crippen molar-refractivity contribution in [1.82, 2.24) is 0 Å². The molecule has 1 heterocycles. The lowest BCUT2D eigenvalue weighted by Gasteiger charge is -2.21. The molecule has 1 aliphatic heterocycles. The van der Waals surface area contributed by atoms with E-state index in [9.17, 15) is 4.79 Å². The summed E-state index contributed by atoms with van der Waals surface area (Å²) in [5.74, 6) is 0.268. The zero-order valence-corrected chi connectivity index (χ0v) is 10.1. The first-order valence-corrected chi connectivity index (χ1v) is 6.11. The molecule has 1 fully saturated rings. The maximum absolute atomic E-state index is 11.6. The number of hydrogen-bond acceptors (Lipinski definition) is 3. The molecule has 3 nitrogen and oxygen atoms in total.